The third-order valence-electron chi connectivity index (χ3n) is 13.3. The van der Waals surface area contributed by atoms with Crippen LogP contribution in [0, 0.1) is 7.14 Å². The summed E-state index contributed by atoms with van der Waals surface area (Å²) in [4.78, 5) is 32.4. The summed E-state index contributed by atoms with van der Waals surface area (Å²) in [5, 5.41) is 6.54. The number of nitrogens with two attached hydrogens (primary N) is 3. The molecule has 6 aliphatic heterocycles. The Morgan fingerprint density at radius 2 is 0.987 bits per heavy atom. The predicted octanol–water partition coefficient (Wildman–Crippen LogP) is 8.63. The summed E-state index contributed by atoms with van der Waals surface area (Å²) in [5.41, 5.74) is 17.8. The molecule has 2 saturated heterocycles. The van der Waals surface area contributed by atoms with E-state index in [9.17, 15) is 0 Å². The monoisotopic (exact) mass is 1390 g/mol. The van der Waals surface area contributed by atoms with E-state index in [0.29, 0.717) is 31.6 Å². The van der Waals surface area contributed by atoms with Crippen LogP contribution in [0.4, 0.5) is 11.6 Å². The van der Waals surface area contributed by atoms with Gasteiger partial charge in [0.25, 0.3) is 12.0 Å². The molecule has 2 spiro atoms. The lowest BCUT2D eigenvalue weighted by molar-refractivity contribution is 0.00578. The Hall–Kier alpha value is -4.42. The van der Waals surface area contributed by atoms with Crippen LogP contribution in [0.5, 0.6) is 11.5 Å². The Morgan fingerprint density at radius 1 is 0.577 bits per heavy atom. The zero-order chi connectivity index (χ0) is 55.7. The third-order valence-corrected chi connectivity index (χ3v) is 16.0. The molecule has 6 aliphatic rings. The average molecular weight is 1390 g/mol. The number of halogens is 4. The SMILES string of the molecule is C.C.CC1(C)OB(B2OC(C)(C)C(C)(C)O2)OC1(C)C.CN.CNc1ncncc1-c1ccc2c(c1)CC1(COC(N)=N1)CO2.CNc1ncncc1I.Clc1ncncc1I.NC1=NC2(CO1)COc1ccc(Br)cc1C2. The highest BCUT2D eigenvalue weighted by Crippen LogP contribution is 2.43. The van der Waals surface area contributed by atoms with Gasteiger partial charge in [0.15, 0.2) is 0 Å². The van der Waals surface area contributed by atoms with Crippen molar-refractivity contribution in [2.75, 3.05) is 58.2 Å². The summed E-state index contributed by atoms with van der Waals surface area (Å²) in [5.74, 6) is 3.47. The Morgan fingerprint density at radius 3 is 1.38 bits per heavy atom. The van der Waals surface area contributed by atoms with Crippen molar-refractivity contribution < 1.29 is 37.6 Å². The maximum Gasteiger partial charge on any atom is 0.488 e. The van der Waals surface area contributed by atoms with Gasteiger partial charge in [-0.2, -0.15) is 0 Å². The lowest BCUT2D eigenvalue weighted by atomic mass is 9.49. The van der Waals surface area contributed by atoms with Crippen molar-refractivity contribution >= 4 is 110 Å². The lowest BCUT2D eigenvalue weighted by Gasteiger charge is -2.32. The molecule has 9 heterocycles. The second kappa shape index (κ2) is 27.8. The highest BCUT2D eigenvalue weighted by molar-refractivity contribution is 14.1. The zero-order valence-corrected chi connectivity index (χ0v) is 51.1. The van der Waals surface area contributed by atoms with Crippen LogP contribution in [-0.4, -0.2) is 137 Å². The maximum absolute atomic E-state index is 5.96. The molecule has 0 saturated carbocycles. The number of amidine groups is 2. The summed E-state index contributed by atoms with van der Waals surface area (Å²) in [7, 11) is 4.23. The molecule has 424 valence electrons. The summed E-state index contributed by atoms with van der Waals surface area (Å²) in [6, 6.07) is 12.6. The molecule has 27 heteroatoms. The fraction of sp³-hybridized carbons (Fsp3) is 0.490. The molecule has 21 nitrogen and oxygen atoms in total. The van der Waals surface area contributed by atoms with E-state index >= 15 is 0 Å². The number of anilines is 2. The number of fused-ring (bicyclic) bond motifs is 2. The number of nitrogens with one attached hydrogen (secondary N) is 2. The van der Waals surface area contributed by atoms with Crippen molar-refractivity contribution in [1.29, 1.82) is 0 Å². The summed E-state index contributed by atoms with van der Waals surface area (Å²) >= 11 is 13.2. The number of ether oxygens (including phenoxy) is 4. The molecular formula is C51H73B2BrClI2N13O8. The molecule has 78 heavy (non-hydrogen) atoms. The van der Waals surface area contributed by atoms with Gasteiger partial charge in [0, 0.05) is 55.6 Å². The minimum absolute atomic E-state index is 0. The highest BCUT2D eigenvalue weighted by Gasteiger charge is 2.63. The van der Waals surface area contributed by atoms with Crippen LogP contribution in [0.1, 0.15) is 81.4 Å². The van der Waals surface area contributed by atoms with Crippen molar-refractivity contribution in [2.24, 2.45) is 27.2 Å². The first-order chi connectivity index (χ1) is 35.9. The van der Waals surface area contributed by atoms with Gasteiger partial charge in [-0.05, 0) is 155 Å². The van der Waals surface area contributed by atoms with E-state index in [1.165, 1.54) is 26.0 Å². The molecule has 2 fully saturated rings. The maximum atomic E-state index is 5.96. The third kappa shape index (κ3) is 16.2. The molecule has 0 bridgehead atoms. The Bertz CT molecular complexity index is 2780. The van der Waals surface area contributed by atoms with E-state index in [1.54, 1.807) is 18.6 Å². The Labute approximate surface area is 500 Å². The highest BCUT2D eigenvalue weighted by atomic mass is 127. The van der Waals surface area contributed by atoms with Crippen molar-refractivity contribution in [2.45, 2.75) is 117 Å². The molecule has 8 N–H and O–H groups in total. The molecule has 0 radical (unpaired) electrons. The second-order valence-electron chi connectivity index (χ2n) is 19.8. The van der Waals surface area contributed by atoms with Gasteiger partial charge in [-0.15, -0.1) is 0 Å². The number of nitrogens with zero attached hydrogens (tertiary/aromatic N) is 8. The molecule has 11 rings (SSSR count). The number of aromatic nitrogens is 6. The quantitative estimate of drug-likeness (QED) is 0.0639. The fourth-order valence-electron chi connectivity index (χ4n) is 7.96. The van der Waals surface area contributed by atoms with Crippen LogP contribution in [0.2, 0.25) is 5.15 Å². The van der Waals surface area contributed by atoms with Crippen LogP contribution in [0.25, 0.3) is 11.1 Å². The van der Waals surface area contributed by atoms with Gasteiger partial charge in [-0.25, -0.2) is 39.9 Å². The normalized spacial score (nSPS) is 21.5. The molecule has 0 amide bonds. The molecule has 2 atom stereocenters. The zero-order valence-electron chi connectivity index (χ0n) is 44.4. The van der Waals surface area contributed by atoms with Crippen LogP contribution < -0.4 is 37.3 Å². The number of benzene rings is 2. The van der Waals surface area contributed by atoms with Gasteiger partial charge in [-0.1, -0.05) is 48.5 Å². The van der Waals surface area contributed by atoms with Crippen molar-refractivity contribution in [1.82, 2.24) is 29.9 Å². The minimum Gasteiger partial charge on any atom is -0.491 e. The molecule has 0 aliphatic carbocycles. The summed E-state index contributed by atoms with van der Waals surface area (Å²) in [6.45, 7) is 18.2. The van der Waals surface area contributed by atoms with E-state index in [2.05, 4.69) is 130 Å². The molecular weight excluding hydrogens is 1310 g/mol. The second-order valence-corrected chi connectivity index (χ2v) is 23.4. The van der Waals surface area contributed by atoms with E-state index < -0.39 is 19.6 Å². The average Bonchev–Trinajstić information content (AvgIpc) is 4.10. The topological polar surface area (TPSA) is 278 Å². The van der Waals surface area contributed by atoms with Crippen LogP contribution in [0.15, 0.2) is 88.4 Å². The number of aliphatic imine (C=N–C) groups is 2. The molecule has 5 aromatic rings. The summed E-state index contributed by atoms with van der Waals surface area (Å²) in [6.07, 6.45) is 11.2. The molecule has 3 aromatic heterocycles. The lowest BCUT2D eigenvalue weighted by Crippen LogP contribution is -2.41. The van der Waals surface area contributed by atoms with E-state index in [4.69, 9.17) is 60.6 Å². The first-order valence-corrected chi connectivity index (χ1v) is 27.4. The fourth-order valence-corrected chi connectivity index (χ4v) is 9.34. The van der Waals surface area contributed by atoms with Crippen molar-refractivity contribution in [3.63, 3.8) is 0 Å². The smallest absolute Gasteiger partial charge is 0.488 e. The first-order valence-electron chi connectivity index (χ1n) is 24.0. The van der Waals surface area contributed by atoms with Gasteiger partial charge in [0.2, 0.25) is 0 Å². The largest absolute Gasteiger partial charge is 0.491 e. The van der Waals surface area contributed by atoms with Crippen molar-refractivity contribution in [3.8, 4) is 22.6 Å². The Kier molecular flexibility index (Phi) is 23.6. The number of rotatable bonds is 4. The van der Waals surface area contributed by atoms with E-state index in [0.717, 1.165) is 69.8 Å². The minimum atomic E-state index is -0.476. The van der Waals surface area contributed by atoms with Crippen LogP contribution in [-0.2, 0) is 40.9 Å². The van der Waals surface area contributed by atoms with Crippen molar-refractivity contribution in [3.05, 3.63) is 102 Å². The van der Waals surface area contributed by atoms with Gasteiger partial charge in [0.05, 0.1) is 29.5 Å². The number of hydrogen-bond donors (Lipinski definition) is 5. The standard InChI is InChI=1S/C16H17N5O2.C12H24B2O4.C11H11BrN2O2.C5H6IN3.C4H2ClIN2.CH5N.2CH4/c1-18-14-12(6-19-9-20-14)10-2-3-13-11(4-10)5-16(7-22-13)8-23-15(17)21-16;1-9(2)10(3,4)16-13(15-9)14-17-11(5,6)12(7,8)18-14;12-8-1-2-9-7(3-8)4-11(5-15-9)6-16-10(13)14-11;1-7-5-4(6)2-8-3-9-5;5-4-3(6)1-7-2-8-4;1-2;;/h2-4,6,9H,5,7-8H2,1H3,(H2,17,21)(H,18,19,20);1-8H3;1-3H,4-6H2,(H2,13,14);2-3H,1H3,(H,7,8,9);1-2H;2H2,1H3;2*1H4. The van der Waals surface area contributed by atoms with Gasteiger partial charge < -0.3 is 65.4 Å². The van der Waals surface area contributed by atoms with E-state index in [-0.39, 0.29) is 54.8 Å². The van der Waals surface area contributed by atoms with Gasteiger partial charge >= 0.3 is 14.0 Å². The summed E-state index contributed by atoms with van der Waals surface area (Å²) < 4.78 is 48.9. The molecule has 2 aromatic carbocycles. The predicted molar refractivity (Wildman–Crippen MR) is 330 cm³/mol. The van der Waals surface area contributed by atoms with Crippen LogP contribution in [0.3, 0.4) is 0 Å². The number of hydrogen-bond acceptors (Lipinski definition) is 21. The van der Waals surface area contributed by atoms with Crippen LogP contribution >= 0.6 is 72.7 Å². The Balaban J connectivity index is 0.000000217. The van der Waals surface area contributed by atoms with Gasteiger partial charge in [-0.3, -0.25) is 0 Å². The molecule has 2 unspecified atom stereocenters. The van der Waals surface area contributed by atoms with Gasteiger partial charge in [0.1, 0.15) is 84.8 Å². The van der Waals surface area contributed by atoms with E-state index in [1.807, 2.05) is 93.8 Å². The first kappa shape index (κ1) is 66.1.